The van der Waals surface area contributed by atoms with Crippen LogP contribution in [0.1, 0.15) is 36.1 Å². The summed E-state index contributed by atoms with van der Waals surface area (Å²) >= 11 is 0. The van der Waals surface area contributed by atoms with Gasteiger partial charge in [-0.05, 0) is 48.4 Å². The summed E-state index contributed by atoms with van der Waals surface area (Å²) in [7, 11) is 0. The minimum atomic E-state index is -1.00. The van der Waals surface area contributed by atoms with Gasteiger partial charge in [-0.1, -0.05) is 13.0 Å². The first-order valence-electron chi connectivity index (χ1n) is 9.29. The molecule has 2 aromatic carbocycles. The van der Waals surface area contributed by atoms with Gasteiger partial charge in [0.1, 0.15) is 17.7 Å². The van der Waals surface area contributed by atoms with Crippen molar-refractivity contribution in [2.45, 2.75) is 31.9 Å². The van der Waals surface area contributed by atoms with Crippen LogP contribution < -0.4 is 15.8 Å². The van der Waals surface area contributed by atoms with E-state index in [0.717, 1.165) is 18.4 Å². The fourth-order valence-electron chi connectivity index (χ4n) is 3.12. The van der Waals surface area contributed by atoms with Gasteiger partial charge in [0.2, 0.25) is 0 Å². The molecule has 0 aliphatic carbocycles. The molecule has 0 saturated carbocycles. The van der Waals surface area contributed by atoms with E-state index >= 15 is 0 Å². The minimum Gasteiger partial charge on any atom is -0.488 e. The third-order valence-electron chi connectivity index (χ3n) is 4.73. The number of carboxylic acids is 1. The quantitative estimate of drug-likeness (QED) is 0.411. The lowest BCUT2D eigenvalue weighted by molar-refractivity contribution is -0.138. The highest BCUT2D eigenvalue weighted by Crippen LogP contribution is 2.31. The van der Waals surface area contributed by atoms with Gasteiger partial charge < -0.3 is 25.6 Å². The van der Waals surface area contributed by atoms with Gasteiger partial charge in [-0.15, -0.1) is 0 Å². The molecule has 7 nitrogen and oxygen atoms in total. The van der Waals surface area contributed by atoms with Crippen LogP contribution in [0.15, 0.2) is 42.5 Å². The molecular formula is C21H25N3O4. The molecule has 0 radical (unpaired) electrons. The Kier molecular flexibility index (Phi) is 6.16. The number of rotatable bonds is 8. The SMILES string of the molecule is CCc1ccc(O[C@H]2CCOC2)c([C@@H](Nc2ccc(C(=N)N)cc2)C(=O)O)c1. The molecule has 1 saturated heterocycles. The van der Waals surface area contributed by atoms with Crippen LogP contribution in [0.4, 0.5) is 5.69 Å². The summed E-state index contributed by atoms with van der Waals surface area (Å²) in [4.78, 5) is 12.1. The van der Waals surface area contributed by atoms with Crippen LogP contribution in [0.3, 0.4) is 0 Å². The van der Waals surface area contributed by atoms with E-state index in [4.69, 9.17) is 20.6 Å². The van der Waals surface area contributed by atoms with Gasteiger partial charge in [-0.2, -0.15) is 0 Å². The van der Waals surface area contributed by atoms with E-state index in [1.807, 2.05) is 25.1 Å². The van der Waals surface area contributed by atoms with Crippen molar-refractivity contribution in [3.8, 4) is 5.75 Å². The zero-order valence-electron chi connectivity index (χ0n) is 15.8. The standard InChI is InChI=1S/C21H25N3O4/c1-2-13-3-8-18(28-16-9-10-27-12-16)17(11-13)19(21(25)26)24-15-6-4-14(5-7-15)20(22)23/h3-8,11,16,19,24H,2,9-10,12H2,1H3,(H3,22,23)(H,25,26)/t16-,19+/m0/s1. The highest BCUT2D eigenvalue weighted by atomic mass is 16.5. The van der Waals surface area contributed by atoms with E-state index in [-0.39, 0.29) is 11.9 Å². The van der Waals surface area contributed by atoms with E-state index < -0.39 is 12.0 Å². The average molecular weight is 383 g/mol. The highest BCUT2D eigenvalue weighted by molar-refractivity contribution is 5.95. The monoisotopic (exact) mass is 383 g/mol. The molecule has 0 amide bonds. The molecule has 0 spiro atoms. The lowest BCUT2D eigenvalue weighted by Gasteiger charge is -2.22. The van der Waals surface area contributed by atoms with Crippen molar-refractivity contribution in [3.05, 3.63) is 59.2 Å². The Hall–Kier alpha value is -3.06. The van der Waals surface area contributed by atoms with Gasteiger partial charge in [-0.25, -0.2) is 4.79 Å². The largest absolute Gasteiger partial charge is 0.488 e. The third-order valence-corrected chi connectivity index (χ3v) is 4.73. The maximum absolute atomic E-state index is 12.1. The molecule has 5 N–H and O–H groups in total. The smallest absolute Gasteiger partial charge is 0.330 e. The molecule has 0 aromatic heterocycles. The number of nitrogens with one attached hydrogen (secondary N) is 2. The van der Waals surface area contributed by atoms with Gasteiger partial charge in [0.25, 0.3) is 0 Å². The van der Waals surface area contributed by atoms with E-state index in [1.165, 1.54) is 0 Å². The lowest BCUT2D eigenvalue weighted by atomic mass is 10.0. The maximum atomic E-state index is 12.1. The van der Waals surface area contributed by atoms with E-state index in [2.05, 4.69) is 5.32 Å². The number of anilines is 1. The summed E-state index contributed by atoms with van der Waals surface area (Å²) in [6, 6.07) is 11.5. The predicted octanol–water partition coefficient (Wildman–Crippen LogP) is 2.94. The molecule has 2 atom stereocenters. The zero-order valence-corrected chi connectivity index (χ0v) is 15.8. The van der Waals surface area contributed by atoms with Crippen molar-refractivity contribution in [1.82, 2.24) is 0 Å². The molecule has 1 aliphatic rings. The fraction of sp³-hybridized carbons (Fsp3) is 0.333. The van der Waals surface area contributed by atoms with Crippen LogP contribution in [0.25, 0.3) is 0 Å². The first-order chi connectivity index (χ1) is 13.5. The van der Waals surface area contributed by atoms with Crippen molar-refractivity contribution >= 4 is 17.5 Å². The number of aryl methyl sites for hydroxylation is 1. The fourth-order valence-corrected chi connectivity index (χ4v) is 3.12. The van der Waals surface area contributed by atoms with Gasteiger partial charge in [0, 0.05) is 23.2 Å². The Morgan fingerprint density at radius 1 is 1.36 bits per heavy atom. The Morgan fingerprint density at radius 3 is 2.68 bits per heavy atom. The van der Waals surface area contributed by atoms with Crippen LogP contribution >= 0.6 is 0 Å². The van der Waals surface area contributed by atoms with Crippen LogP contribution in [-0.4, -0.2) is 36.2 Å². The molecule has 28 heavy (non-hydrogen) atoms. The van der Waals surface area contributed by atoms with Gasteiger partial charge >= 0.3 is 5.97 Å². The van der Waals surface area contributed by atoms with Crippen LogP contribution in [0.5, 0.6) is 5.75 Å². The number of amidine groups is 1. The summed E-state index contributed by atoms with van der Waals surface area (Å²) in [5, 5.41) is 20.4. The lowest BCUT2D eigenvalue weighted by Crippen LogP contribution is -2.23. The van der Waals surface area contributed by atoms with Crippen molar-refractivity contribution < 1.29 is 19.4 Å². The van der Waals surface area contributed by atoms with Crippen molar-refractivity contribution in [3.63, 3.8) is 0 Å². The number of carboxylic acid groups (broad SMARTS) is 1. The molecule has 0 bridgehead atoms. The van der Waals surface area contributed by atoms with Gasteiger partial charge in [-0.3, -0.25) is 5.41 Å². The Balaban J connectivity index is 1.90. The molecule has 1 aliphatic heterocycles. The first kappa shape index (κ1) is 19.7. The van der Waals surface area contributed by atoms with E-state index in [9.17, 15) is 9.90 Å². The maximum Gasteiger partial charge on any atom is 0.330 e. The molecule has 1 fully saturated rings. The number of ether oxygens (including phenoxy) is 2. The predicted molar refractivity (Wildman–Crippen MR) is 107 cm³/mol. The summed E-state index contributed by atoms with van der Waals surface area (Å²) in [5.41, 5.74) is 8.29. The summed E-state index contributed by atoms with van der Waals surface area (Å²) in [6.45, 7) is 3.18. The Morgan fingerprint density at radius 2 is 2.11 bits per heavy atom. The molecule has 7 heteroatoms. The van der Waals surface area contributed by atoms with Crippen molar-refractivity contribution in [1.29, 1.82) is 5.41 Å². The first-order valence-corrected chi connectivity index (χ1v) is 9.29. The number of carbonyl (C=O) groups is 1. The second-order valence-electron chi connectivity index (χ2n) is 6.74. The highest BCUT2D eigenvalue weighted by Gasteiger charge is 2.26. The summed E-state index contributed by atoms with van der Waals surface area (Å²) in [5.74, 6) is -0.490. The zero-order chi connectivity index (χ0) is 20.1. The van der Waals surface area contributed by atoms with Gasteiger partial charge in [0.15, 0.2) is 6.04 Å². The summed E-state index contributed by atoms with van der Waals surface area (Å²) in [6.07, 6.45) is 1.50. The molecule has 3 rings (SSSR count). The molecule has 0 unspecified atom stereocenters. The minimum absolute atomic E-state index is 0.0357. The van der Waals surface area contributed by atoms with Crippen molar-refractivity contribution in [2.24, 2.45) is 5.73 Å². The van der Waals surface area contributed by atoms with Gasteiger partial charge in [0.05, 0.1) is 13.2 Å². The number of hydrogen-bond donors (Lipinski definition) is 4. The second-order valence-corrected chi connectivity index (χ2v) is 6.74. The number of hydrogen-bond acceptors (Lipinski definition) is 5. The molecule has 1 heterocycles. The normalized spacial score (nSPS) is 17.1. The number of nitrogens with two attached hydrogens (primary N) is 1. The van der Waals surface area contributed by atoms with Crippen molar-refractivity contribution in [2.75, 3.05) is 18.5 Å². The van der Waals surface area contributed by atoms with Crippen LogP contribution in [0.2, 0.25) is 0 Å². The Labute approximate surface area is 164 Å². The Bertz CT molecular complexity index is 845. The number of aliphatic carboxylic acids is 1. The van der Waals surface area contributed by atoms with Crippen LogP contribution in [-0.2, 0) is 16.0 Å². The average Bonchev–Trinajstić information content (AvgIpc) is 3.20. The topological polar surface area (TPSA) is 118 Å². The van der Waals surface area contributed by atoms with E-state index in [1.54, 1.807) is 24.3 Å². The molecule has 148 valence electrons. The number of nitrogen functional groups attached to an aromatic ring is 1. The summed E-state index contributed by atoms with van der Waals surface area (Å²) < 4.78 is 11.4. The molecule has 2 aromatic rings. The second kappa shape index (κ2) is 8.75. The molecular weight excluding hydrogens is 358 g/mol. The van der Waals surface area contributed by atoms with E-state index in [0.29, 0.717) is 35.8 Å². The number of benzene rings is 2. The third kappa shape index (κ3) is 4.61. The van der Waals surface area contributed by atoms with Crippen LogP contribution in [0, 0.1) is 5.41 Å².